The van der Waals surface area contributed by atoms with Crippen molar-refractivity contribution >= 4 is 46.0 Å². The molecule has 3 aromatic carbocycles. The van der Waals surface area contributed by atoms with Gasteiger partial charge in [-0.05, 0) is 41.5 Å². The van der Waals surface area contributed by atoms with E-state index >= 15 is 0 Å². The molecular weight excluding hydrogens is 430 g/mol. The van der Waals surface area contributed by atoms with E-state index in [0.29, 0.717) is 33.0 Å². The van der Waals surface area contributed by atoms with E-state index in [-0.39, 0.29) is 12.7 Å². The lowest BCUT2D eigenvalue weighted by Gasteiger charge is -2.14. The van der Waals surface area contributed by atoms with E-state index in [0.717, 1.165) is 16.9 Å². The van der Waals surface area contributed by atoms with Crippen molar-refractivity contribution < 1.29 is 19.0 Å². The molecule has 0 atom stereocenters. The van der Waals surface area contributed by atoms with E-state index < -0.39 is 0 Å². The molecule has 2 aliphatic heterocycles. The minimum atomic E-state index is -0.163. The van der Waals surface area contributed by atoms with Crippen molar-refractivity contribution in [2.75, 3.05) is 11.7 Å². The number of thioether (sulfide) groups is 1. The molecule has 5 rings (SSSR count). The van der Waals surface area contributed by atoms with Crippen LogP contribution < -0.4 is 19.1 Å². The molecule has 0 bridgehead atoms. The van der Waals surface area contributed by atoms with Gasteiger partial charge in [-0.3, -0.25) is 9.69 Å². The molecule has 1 amide bonds. The monoisotopic (exact) mass is 447 g/mol. The van der Waals surface area contributed by atoms with Crippen LogP contribution in [0, 0.1) is 0 Å². The maximum absolute atomic E-state index is 13.1. The molecule has 0 radical (unpaired) electrons. The Morgan fingerprint density at radius 1 is 1.00 bits per heavy atom. The van der Waals surface area contributed by atoms with Crippen LogP contribution in [0.1, 0.15) is 11.1 Å². The zero-order chi connectivity index (χ0) is 21.2. The summed E-state index contributed by atoms with van der Waals surface area (Å²) in [5.74, 6) is 1.85. The number of anilines is 1. The summed E-state index contributed by atoms with van der Waals surface area (Å²) < 4.78 is 17.1. The topological polar surface area (TPSA) is 48.0 Å². The smallest absolute Gasteiger partial charge is 0.270 e. The normalized spacial score (nSPS) is 16.3. The molecule has 3 aromatic rings. The first-order valence-electron chi connectivity index (χ1n) is 9.62. The number of hydrogen-bond donors (Lipinski definition) is 0. The molecule has 7 heteroatoms. The number of ether oxygens (including phenoxy) is 3. The molecule has 0 aliphatic carbocycles. The number of thiocarbonyl (C=S) groups is 1. The Hall–Kier alpha value is -3.29. The Bertz CT molecular complexity index is 1190. The molecule has 31 heavy (non-hydrogen) atoms. The van der Waals surface area contributed by atoms with Crippen LogP contribution >= 0.6 is 24.0 Å². The molecule has 0 aromatic heterocycles. The molecule has 1 fully saturated rings. The Balaban J connectivity index is 1.34. The lowest BCUT2D eigenvalue weighted by molar-refractivity contribution is -0.113. The number of nitrogens with zero attached hydrogens (tertiary/aromatic N) is 1. The lowest BCUT2D eigenvalue weighted by Crippen LogP contribution is -2.27. The van der Waals surface area contributed by atoms with Gasteiger partial charge in [0.15, 0.2) is 15.8 Å². The van der Waals surface area contributed by atoms with Crippen molar-refractivity contribution in [2.24, 2.45) is 0 Å². The van der Waals surface area contributed by atoms with Gasteiger partial charge < -0.3 is 14.2 Å². The fourth-order valence-corrected chi connectivity index (χ4v) is 4.60. The second kappa shape index (κ2) is 8.45. The Labute approximate surface area is 189 Å². The first-order valence-corrected chi connectivity index (χ1v) is 10.8. The second-order valence-corrected chi connectivity index (χ2v) is 8.58. The van der Waals surface area contributed by atoms with Crippen LogP contribution in [0.2, 0.25) is 0 Å². The van der Waals surface area contributed by atoms with Crippen LogP contribution in [0.3, 0.4) is 0 Å². The predicted molar refractivity (Wildman–Crippen MR) is 125 cm³/mol. The number of amides is 1. The molecule has 0 unspecified atom stereocenters. The third kappa shape index (κ3) is 4.15. The molecule has 0 N–H and O–H groups in total. The highest BCUT2D eigenvalue weighted by Crippen LogP contribution is 2.40. The minimum absolute atomic E-state index is 0.163. The van der Waals surface area contributed by atoms with Crippen LogP contribution in [0.25, 0.3) is 6.08 Å². The van der Waals surface area contributed by atoms with E-state index in [1.165, 1.54) is 16.7 Å². The molecule has 2 aliphatic rings. The summed E-state index contributed by atoms with van der Waals surface area (Å²) in [4.78, 5) is 15.1. The van der Waals surface area contributed by atoms with Gasteiger partial charge in [0.2, 0.25) is 6.79 Å². The standard InChI is InChI=1S/C24H17NO4S2/c26-23-22(31-24(30)25(23)18-9-10-20-21(13-18)29-15-28-20)12-17-7-4-8-19(11-17)27-14-16-5-2-1-3-6-16/h1-13H,14-15H2/b22-12+. The highest BCUT2D eigenvalue weighted by molar-refractivity contribution is 8.27. The number of hydrogen-bond acceptors (Lipinski definition) is 6. The maximum Gasteiger partial charge on any atom is 0.270 e. The number of carbonyl (C=O) groups excluding carboxylic acids is 1. The number of fused-ring (bicyclic) bond motifs is 1. The van der Waals surface area contributed by atoms with Crippen molar-refractivity contribution in [1.29, 1.82) is 0 Å². The van der Waals surface area contributed by atoms with Gasteiger partial charge in [-0.25, -0.2) is 0 Å². The predicted octanol–water partition coefficient (Wildman–Crippen LogP) is 5.40. The summed E-state index contributed by atoms with van der Waals surface area (Å²) in [6.45, 7) is 0.663. The molecule has 5 nitrogen and oxygen atoms in total. The maximum atomic E-state index is 13.1. The third-order valence-corrected chi connectivity index (χ3v) is 6.11. The van der Waals surface area contributed by atoms with Crippen molar-refractivity contribution in [1.82, 2.24) is 0 Å². The molecule has 154 valence electrons. The van der Waals surface area contributed by atoms with Gasteiger partial charge in [-0.1, -0.05) is 66.4 Å². The third-order valence-electron chi connectivity index (χ3n) is 4.81. The minimum Gasteiger partial charge on any atom is -0.489 e. The van der Waals surface area contributed by atoms with Crippen LogP contribution in [-0.2, 0) is 11.4 Å². The quantitative estimate of drug-likeness (QED) is 0.386. The first kappa shape index (κ1) is 19.7. The fourth-order valence-electron chi connectivity index (χ4n) is 3.30. The van der Waals surface area contributed by atoms with E-state index in [2.05, 4.69) is 0 Å². The lowest BCUT2D eigenvalue weighted by atomic mass is 10.2. The molecule has 0 saturated carbocycles. The van der Waals surface area contributed by atoms with Crippen LogP contribution in [0.5, 0.6) is 17.2 Å². The molecule has 2 heterocycles. The van der Waals surface area contributed by atoms with E-state index in [1.807, 2.05) is 60.7 Å². The largest absolute Gasteiger partial charge is 0.489 e. The first-order chi connectivity index (χ1) is 15.2. The van der Waals surface area contributed by atoms with Crippen LogP contribution in [0.15, 0.2) is 77.7 Å². The molecule has 0 spiro atoms. The number of rotatable bonds is 5. The van der Waals surface area contributed by atoms with Crippen molar-refractivity contribution in [3.63, 3.8) is 0 Å². The SMILES string of the molecule is O=C1/C(=C\c2cccc(OCc3ccccc3)c2)SC(=S)N1c1ccc2c(c1)OCO2. The van der Waals surface area contributed by atoms with Crippen molar-refractivity contribution in [3.05, 3.63) is 88.8 Å². The van der Waals surface area contributed by atoms with Crippen LogP contribution in [-0.4, -0.2) is 17.0 Å². The van der Waals surface area contributed by atoms with E-state index in [1.54, 1.807) is 18.2 Å². The van der Waals surface area contributed by atoms with Gasteiger partial charge in [0.25, 0.3) is 5.91 Å². The Kier molecular flexibility index (Phi) is 5.36. The average molecular weight is 448 g/mol. The second-order valence-electron chi connectivity index (χ2n) is 6.90. The Morgan fingerprint density at radius 2 is 1.84 bits per heavy atom. The number of benzene rings is 3. The number of carbonyl (C=O) groups is 1. The van der Waals surface area contributed by atoms with Gasteiger partial charge in [0, 0.05) is 6.07 Å². The van der Waals surface area contributed by atoms with Gasteiger partial charge in [0.05, 0.1) is 10.6 Å². The van der Waals surface area contributed by atoms with Gasteiger partial charge in [0.1, 0.15) is 12.4 Å². The summed E-state index contributed by atoms with van der Waals surface area (Å²) >= 11 is 6.75. The summed E-state index contributed by atoms with van der Waals surface area (Å²) in [5.41, 5.74) is 2.63. The molecular formula is C24H17NO4S2. The van der Waals surface area contributed by atoms with Crippen molar-refractivity contribution in [2.45, 2.75) is 6.61 Å². The summed E-state index contributed by atoms with van der Waals surface area (Å²) in [6, 6.07) is 23.0. The van der Waals surface area contributed by atoms with Gasteiger partial charge in [-0.15, -0.1) is 0 Å². The fraction of sp³-hybridized carbons (Fsp3) is 0.0833. The van der Waals surface area contributed by atoms with Crippen LogP contribution in [0.4, 0.5) is 5.69 Å². The summed E-state index contributed by atoms with van der Waals surface area (Å²) in [7, 11) is 0. The van der Waals surface area contributed by atoms with Gasteiger partial charge in [-0.2, -0.15) is 0 Å². The zero-order valence-corrected chi connectivity index (χ0v) is 17.9. The van der Waals surface area contributed by atoms with E-state index in [4.69, 9.17) is 26.4 Å². The zero-order valence-electron chi connectivity index (χ0n) is 16.3. The summed E-state index contributed by atoms with van der Waals surface area (Å²) in [6.07, 6.45) is 1.83. The van der Waals surface area contributed by atoms with Crippen molar-refractivity contribution in [3.8, 4) is 17.2 Å². The summed E-state index contributed by atoms with van der Waals surface area (Å²) in [5, 5.41) is 0. The van der Waals surface area contributed by atoms with E-state index in [9.17, 15) is 4.79 Å². The highest BCUT2D eigenvalue weighted by atomic mass is 32.2. The highest BCUT2D eigenvalue weighted by Gasteiger charge is 2.34. The average Bonchev–Trinajstić information content (AvgIpc) is 3.36. The van der Waals surface area contributed by atoms with Gasteiger partial charge >= 0.3 is 0 Å². The Morgan fingerprint density at radius 3 is 2.71 bits per heavy atom. The molecule has 1 saturated heterocycles.